The summed E-state index contributed by atoms with van der Waals surface area (Å²) in [5.74, 6) is -1.38. The fourth-order valence-corrected chi connectivity index (χ4v) is 4.56. The van der Waals surface area contributed by atoms with Gasteiger partial charge in [-0.3, -0.25) is 19.8 Å². The molecule has 3 aliphatic heterocycles. The average molecular weight is 381 g/mol. The third-order valence-electron chi connectivity index (χ3n) is 5.87. The molecule has 1 aromatic carbocycles. The molecule has 0 saturated carbocycles. The SMILES string of the molecule is CN1C(=O)NC(=O)[C@@]2(Cc3cc(C(F)(F)F)ccc3N3CCCC[C@H]32)C1=O. The van der Waals surface area contributed by atoms with Crippen molar-refractivity contribution < 1.29 is 27.6 Å². The average Bonchev–Trinajstić information content (AvgIpc) is 2.63. The van der Waals surface area contributed by atoms with Crippen molar-refractivity contribution in [1.29, 1.82) is 0 Å². The zero-order valence-electron chi connectivity index (χ0n) is 14.6. The van der Waals surface area contributed by atoms with Gasteiger partial charge in [0.1, 0.15) is 0 Å². The van der Waals surface area contributed by atoms with E-state index in [2.05, 4.69) is 5.32 Å². The Bertz CT molecular complexity index is 854. The van der Waals surface area contributed by atoms with Crippen molar-refractivity contribution in [3.8, 4) is 0 Å². The number of amides is 4. The van der Waals surface area contributed by atoms with Gasteiger partial charge in [0, 0.05) is 19.3 Å². The highest BCUT2D eigenvalue weighted by Crippen LogP contribution is 2.48. The Morgan fingerprint density at radius 2 is 1.93 bits per heavy atom. The highest BCUT2D eigenvalue weighted by Gasteiger charge is 2.61. The van der Waals surface area contributed by atoms with Crippen LogP contribution in [0.4, 0.5) is 23.7 Å². The van der Waals surface area contributed by atoms with E-state index in [1.807, 2.05) is 4.90 Å². The standard InChI is InChI=1S/C18H18F3N3O3/c1-23-15(26)17(14(25)22-16(23)27)9-10-8-11(18(19,20)21)5-6-12(10)24-7-3-2-4-13(17)24/h5-6,8,13H,2-4,7,9H2,1H3,(H,22,25,27)/t13-,17-/m0/s1. The number of fused-ring (bicyclic) bond motifs is 4. The lowest BCUT2D eigenvalue weighted by Gasteiger charge is -2.53. The number of piperidine rings is 1. The van der Waals surface area contributed by atoms with Crippen molar-refractivity contribution >= 4 is 23.5 Å². The van der Waals surface area contributed by atoms with Gasteiger partial charge < -0.3 is 4.90 Å². The smallest absolute Gasteiger partial charge is 0.367 e. The van der Waals surface area contributed by atoms with E-state index in [1.54, 1.807) is 0 Å². The number of rotatable bonds is 0. The minimum Gasteiger partial charge on any atom is -0.367 e. The second kappa shape index (κ2) is 5.71. The summed E-state index contributed by atoms with van der Waals surface area (Å²) in [5.41, 5.74) is -1.49. The van der Waals surface area contributed by atoms with Crippen LogP contribution in [-0.4, -0.2) is 42.4 Å². The van der Waals surface area contributed by atoms with Crippen LogP contribution >= 0.6 is 0 Å². The number of barbiturate groups is 1. The van der Waals surface area contributed by atoms with Crippen LogP contribution in [0.1, 0.15) is 30.4 Å². The van der Waals surface area contributed by atoms with Crippen molar-refractivity contribution in [2.24, 2.45) is 5.41 Å². The fourth-order valence-electron chi connectivity index (χ4n) is 4.56. The fraction of sp³-hybridized carbons (Fsp3) is 0.500. The summed E-state index contributed by atoms with van der Waals surface area (Å²) in [6, 6.07) is 2.16. The van der Waals surface area contributed by atoms with Gasteiger partial charge in [-0.15, -0.1) is 0 Å². The van der Waals surface area contributed by atoms with Gasteiger partial charge in [-0.05, 0) is 49.4 Å². The maximum absolute atomic E-state index is 13.2. The Morgan fingerprint density at radius 3 is 2.63 bits per heavy atom. The van der Waals surface area contributed by atoms with Gasteiger partial charge >= 0.3 is 12.2 Å². The zero-order valence-corrected chi connectivity index (χ0v) is 14.6. The molecule has 6 nitrogen and oxygen atoms in total. The molecule has 4 amide bonds. The van der Waals surface area contributed by atoms with Crippen molar-refractivity contribution in [2.75, 3.05) is 18.5 Å². The van der Waals surface area contributed by atoms with Crippen LogP contribution in [-0.2, 0) is 22.2 Å². The Balaban J connectivity index is 1.89. The van der Waals surface area contributed by atoms with E-state index in [4.69, 9.17) is 0 Å². The summed E-state index contributed by atoms with van der Waals surface area (Å²) < 4.78 is 39.5. The number of benzene rings is 1. The zero-order chi connectivity index (χ0) is 19.6. The van der Waals surface area contributed by atoms with Crippen LogP contribution in [0, 0.1) is 5.41 Å². The second-order valence-electron chi connectivity index (χ2n) is 7.32. The number of carbonyl (C=O) groups excluding carboxylic acids is 3. The molecule has 0 aliphatic carbocycles. The van der Waals surface area contributed by atoms with Gasteiger partial charge in [-0.1, -0.05) is 0 Å². The van der Waals surface area contributed by atoms with Crippen molar-refractivity contribution in [2.45, 2.75) is 37.9 Å². The van der Waals surface area contributed by atoms with Crippen LogP contribution < -0.4 is 10.2 Å². The van der Waals surface area contributed by atoms with E-state index in [-0.39, 0.29) is 6.42 Å². The summed E-state index contributed by atoms with van der Waals surface area (Å²) in [7, 11) is 1.28. The number of urea groups is 1. The topological polar surface area (TPSA) is 69.7 Å². The summed E-state index contributed by atoms with van der Waals surface area (Å²) in [6.45, 7) is 0.545. The first-order valence-electron chi connectivity index (χ1n) is 8.76. The summed E-state index contributed by atoms with van der Waals surface area (Å²) in [4.78, 5) is 40.5. The molecule has 1 aromatic rings. The minimum atomic E-state index is -4.52. The molecule has 3 aliphatic rings. The predicted octanol–water partition coefficient (Wildman–Crippen LogP) is 2.32. The molecule has 2 fully saturated rings. The molecule has 3 heterocycles. The Hall–Kier alpha value is -2.58. The number of nitrogens with zero attached hydrogens (tertiary/aromatic N) is 2. The molecule has 0 aromatic heterocycles. The van der Waals surface area contributed by atoms with E-state index >= 15 is 0 Å². The number of nitrogens with one attached hydrogen (secondary N) is 1. The highest BCUT2D eigenvalue weighted by molar-refractivity contribution is 6.20. The summed E-state index contributed by atoms with van der Waals surface area (Å²) in [6.07, 6.45) is -2.50. The lowest BCUT2D eigenvalue weighted by atomic mass is 9.66. The highest BCUT2D eigenvalue weighted by atomic mass is 19.4. The molecule has 9 heteroatoms. The molecular weight excluding hydrogens is 363 g/mol. The normalized spacial score (nSPS) is 28.1. The second-order valence-corrected chi connectivity index (χ2v) is 7.32. The van der Waals surface area contributed by atoms with Gasteiger partial charge in [0.15, 0.2) is 5.41 Å². The first-order valence-corrected chi connectivity index (χ1v) is 8.76. The first kappa shape index (κ1) is 17.8. The van der Waals surface area contributed by atoms with Crippen molar-refractivity contribution in [1.82, 2.24) is 10.2 Å². The summed E-state index contributed by atoms with van der Waals surface area (Å²) >= 11 is 0. The number of carbonyl (C=O) groups is 3. The molecule has 144 valence electrons. The lowest BCUT2D eigenvalue weighted by molar-refractivity contribution is -0.153. The molecule has 27 heavy (non-hydrogen) atoms. The summed E-state index contributed by atoms with van der Waals surface area (Å²) in [5, 5.41) is 2.21. The van der Waals surface area contributed by atoms with Crippen LogP contribution in [0.2, 0.25) is 0 Å². The Labute approximate surface area is 153 Å². The molecule has 1 N–H and O–H groups in total. The van der Waals surface area contributed by atoms with Gasteiger partial charge in [-0.25, -0.2) is 4.79 Å². The van der Waals surface area contributed by atoms with Crippen LogP contribution in [0.3, 0.4) is 0 Å². The van der Waals surface area contributed by atoms with E-state index < -0.39 is 41.0 Å². The number of alkyl halides is 3. The Morgan fingerprint density at radius 1 is 1.19 bits per heavy atom. The van der Waals surface area contributed by atoms with Crippen molar-refractivity contribution in [3.05, 3.63) is 29.3 Å². The van der Waals surface area contributed by atoms with Gasteiger partial charge in [0.05, 0.1) is 11.6 Å². The van der Waals surface area contributed by atoms with E-state index in [0.717, 1.165) is 29.9 Å². The van der Waals surface area contributed by atoms with Crippen molar-refractivity contribution in [3.63, 3.8) is 0 Å². The molecule has 4 rings (SSSR count). The lowest BCUT2D eigenvalue weighted by Crippen LogP contribution is -2.72. The maximum Gasteiger partial charge on any atom is 0.416 e. The Kier molecular flexibility index (Phi) is 3.77. The molecule has 0 radical (unpaired) electrons. The third kappa shape index (κ3) is 2.44. The van der Waals surface area contributed by atoms with Crippen LogP contribution in [0.15, 0.2) is 18.2 Å². The van der Waals surface area contributed by atoms with Crippen LogP contribution in [0.25, 0.3) is 0 Å². The predicted molar refractivity (Wildman–Crippen MR) is 88.9 cm³/mol. The minimum absolute atomic E-state index is 0.157. The number of anilines is 1. The van der Waals surface area contributed by atoms with E-state index in [0.29, 0.717) is 24.2 Å². The van der Waals surface area contributed by atoms with Gasteiger partial charge in [0.2, 0.25) is 11.8 Å². The van der Waals surface area contributed by atoms with Gasteiger partial charge in [0.25, 0.3) is 0 Å². The number of hydrogen-bond donors (Lipinski definition) is 1. The number of halogens is 3. The molecule has 0 unspecified atom stereocenters. The van der Waals surface area contributed by atoms with E-state index in [1.165, 1.54) is 13.1 Å². The van der Waals surface area contributed by atoms with Crippen LogP contribution in [0.5, 0.6) is 0 Å². The number of hydrogen-bond acceptors (Lipinski definition) is 4. The third-order valence-corrected chi connectivity index (χ3v) is 5.87. The van der Waals surface area contributed by atoms with E-state index in [9.17, 15) is 27.6 Å². The first-order chi connectivity index (χ1) is 12.7. The monoisotopic (exact) mass is 381 g/mol. The molecule has 2 saturated heterocycles. The molecule has 2 atom stereocenters. The largest absolute Gasteiger partial charge is 0.416 e. The maximum atomic E-state index is 13.2. The molecule has 1 spiro atoms. The molecule has 0 bridgehead atoms. The van der Waals surface area contributed by atoms with Gasteiger partial charge in [-0.2, -0.15) is 13.2 Å². The number of imide groups is 2. The quantitative estimate of drug-likeness (QED) is 0.701. The molecular formula is C18H18F3N3O3.